The number of benzene rings is 7. The summed E-state index contributed by atoms with van der Waals surface area (Å²) in [5.41, 5.74) is 25.0. The predicted molar refractivity (Wildman–Crippen MR) is 286 cm³/mol. The van der Waals surface area contributed by atoms with Gasteiger partial charge in [0.2, 0.25) is 0 Å². The van der Waals surface area contributed by atoms with E-state index in [0.717, 1.165) is 37.1 Å². The second kappa shape index (κ2) is 15.4. The first-order valence-electron chi connectivity index (χ1n) is 24.9. The third-order valence-corrected chi connectivity index (χ3v) is 16.9. The molecule has 1 nitrogen and oxygen atoms in total. The van der Waals surface area contributed by atoms with Gasteiger partial charge in [-0.25, -0.2) is 0 Å². The molecule has 1 spiro atoms. The maximum Gasteiger partial charge on any atom is 0.0716 e. The molecule has 1 heteroatoms. The molecule has 0 fully saturated rings. The molecule has 0 saturated heterocycles. The smallest absolute Gasteiger partial charge is 0.0716 e. The molecule has 0 heterocycles. The lowest BCUT2D eigenvalue weighted by Crippen LogP contribution is -2.41. The molecule has 0 aromatic heterocycles. The van der Waals surface area contributed by atoms with E-state index in [2.05, 4.69) is 245 Å². The molecule has 6 aliphatic rings. The van der Waals surface area contributed by atoms with Gasteiger partial charge in [0.25, 0.3) is 0 Å². The molecule has 13 rings (SSSR count). The van der Waals surface area contributed by atoms with Crippen LogP contribution in [0.15, 0.2) is 224 Å². The summed E-state index contributed by atoms with van der Waals surface area (Å²) in [6, 6.07) is 60.7. The van der Waals surface area contributed by atoms with E-state index in [1.54, 1.807) is 5.57 Å². The fraction of sp³-hybridized carbons (Fsp3) is 0.194. The van der Waals surface area contributed by atoms with Crippen LogP contribution in [0.25, 0.3) is 39.0 Å². The molecule has 7 aromatic rings. The largest absolute Gasteiger partial charge is 0.310 e. The summed E-state index contributed by atoms with van der Waals surface area (Å²) in [7, 11) is 0. The molecule has 7 aromatic carbocycles. The number of nitrogens with zero attached hydrogens (tertiary/aromatic N) is 1. The topological polar surface area (TPSA) is 3.24 Å². The van der Waals surface area contributed by atoms with Crippen LogP contribution in [0.4, 0.5) is 17.1 Å². The molecule has 0 N–H and O–H groups in total. The van der Waals surface area contributed by atoms with Crippen molar-refractivity contribution < 1.29 is 0 Å². The number of anilines is 3. The van der Waals surface area contributed by atoms with Crippen molar-refractivity contribution in [2.24, 2.45) is 5.92 Å². The van der Waals surface area contributed by atoms with Gasteiger partial charge in [-0.1, -0.05) is 203 Å². The SMILES string of the molecule is CC1(C)C2=C(C=CCC2)C2(c3ccccc3-c3ccc(-c4ccc(-c5cccc(N(c6ccc(C7=CC=CCC7)cc6)c6ccc7c(c6)C(C)(C)C6C=CC=CC76)c5)cc4)cc32)c2ccccc21. The lowest BCUT2D eigenvalue weighted by molar-refractivity contribution is 0.394. The van der Waals surface area contributed by atoms with Crippen molar-refractivity contribution in [1.29, 1.82) is 0 Å². The van der Waals surface area contributed by atoms with Crippen LogP contribution < -0.4 is 4.90 Å². The minimum Gasteiger partial charge on any atom is -0.310 e. The predicted octanol–water partition coefficient (Wildman–Crippen LogP) is 17.6. The average molecular weight is 876 g/mol. The molecule has 0 bridgehead atoms. The number of hydrogen-bond acceptors (Lipinski definition) is 1. The first kappa shape index (κ1) is 41.0. The quantitative estimate of drug-likeness (QED) is 0.161. The average Bonchev–Trinajstić information content (AvgIpc) is 3.81. The molecule has 3 unspecified atom stereocenters. The Hall–Kier alpha value is -7.22. The number of rotatable bonds is 6. The van der Waals surface area contributed by atoms with E-state index in [0.29, 0.717) is 11.8 Å². The molecule has 0 aliphatic heterocycles. The highest BCUT2D eigenvalue weighted by Gasteiger charge is 2.54. The Morgan fingerprint density at radius 1 is 0.471 bits per heavy atom. The van der Waals surface area contributed by atoms with Gasteiger partial charge in [0, 0.05) is 28.4 Å². The fourth-order valence-corrected chi connectivity index (χ4v) is 13.5. The summed E-state index contributed by atoms with van der Waals surface area (Å²) >= 11 is 0. The molecule has 3 atom stereocenters. The Morgan fingerprint density at radius 2 is 1.13 bits per heavy atom. The Kier molecular flexibility index (Phi) is 9.29. The van der Waals surface area contributed by atoms with Gasteiger partial charge in [0.15, 0.2) is 0 Å². The van der Waals surface area contributed by atoms with E-state index >= 15 is 0 Å². The molecular formula is C67H57N. The van der Waals surface area contributed by atoms with Crippen molar-refractivity contribution in [3.63, 3.8) is 0 Å². The van der Waals surface area contributed by atoms with E-state index < -0.39 is 0 Å². The maximum absolute atomic E-state index is 2.52. The van der Waals surface area contributed by atoms with Gasteiger partial charge in [0.05, 0.1) is 5.41 Å². The highest BCUT2D eigenvalue weighted by atomic mass is 15.1. The molecule has 68 heavy (non-hydrogen) atoms. The van der Waals surface area contributed by atoms with Gasteiger partial charge in [-0.3, -0.25) is 0 Å². The lowest BCUT2D eigenvalue weighted by Gasteiger charge is -2.48. The summed E-state index contributed by atoms with van der Waals surface area (Å²) in [5, 5.41) is 0. The number of allylic oxidation sites excluding steroid dienone is 12. The number of hydrogen-bond donors (Lipinski definition) is 0. The van der Waals surface area contributed by atoms with Crippen molar-refractivity contribution in [3.8, 4) is 33.4 Å². The van der Waals surface area contributed by atoms with Crippen molar-refractivity contribution in [1.82, 2.24) is 0 Å². The molecular weight excluding hydrogens is 819 g/mol. The second-order valence-corrected chi connectivity index (χ2v) is 21.0. The Morgan fingerprint density at radius 3 is 1.93 bits per heavy atom. The van der Waals surface area contributed by atoms with Crippen LogP contribution in [0.2, 0.25) is 0 Å². The van der Waals surface area contributed by atoms with Crippen LogP contribution in [0.1, 0.15) is 98.2 Å². The third-order valence-electron chi connectivity index (χ3n) is 16.9. The highest BCUT2D eigenvalue weighted by Crippen LogP contribution is 2.64. The van der Waals surface area contributed by atoms with Gasteiger partial charge in [-0.15, -0.1) is 0 Å². The normalized spacial score (nSPS) is 21.7. The van der Waals surface area contributed by atoms with Crippen molar-refractivity contribution in [3.05, 3.63) is 263 Å². The molecule has 330 valence electrons. The molecule has 0 saturated carbocycles. The van der Waals surface area contributed by atoms with Gasteiger partial charge in [0.1, 0.15) is 0 Å². The fourth-order valence-electron chi connectivity index (χ4n) is 13.5. The van der Waals surface area contributed by atoms with Crippen LogP contribution in [0.3, 0.4) is 0 Å². The molecule has 0 radical (unpaired) electrons. The Labute approximate surface area is 402 Å². The molecule has 6 aliphatic carbocycles. The summed E-state index contributed by atoms with van der Waals surface area (Å²) in [5.74, 6) is 0.875. The van der Waals surface area contributed by atoms with Crippen molar-refractivity contribution >= 4 is 22.6 Å². The van der Waals surface area contributed by atoms with Crippen molar-refractivity contribution in [2.45, 2.75) is 75.5 Å². The standard InChI is InChI=1S/C67H57N/c1-65(2)57-23-10-8-21-53(57)55-40-38-52(43-63(55)65)68(50-36-33-45(34-37-50)44-17-6-5-7-18-44)51-20-16-19-48(41-51)46-29-31-47(32-30-46)49-35-39-56-54-22-9-11-24-58(54)67(64(56)42-49)61-27-14-12-25-59(61)66(3,4)60-26-13-15-28-62(60)67/h5-6,8-12,14-17,19-25,27-43,53,57H,7,13,18,26H2,1-4H3. The zero-order chi connectivity index (χ0) is 45.8. The summed E-state index contributed by atoms with van der Waals surface area (Å²) in [6.07, 6.45) is 25.3. The van der Waals surface area contributed by atoms with E-state index in [1.807, 2.05) is 0 Å². The van der Waals surface area contributed by atoms with E-state index in [9.17, 15) is 0 Å². The van der Waals surface area contributed by atoms with Gasteiger partial charge in [-0.2, -0.15) is 0 Å². The summed E-state index contributed by atoms with van der Waals surface area (Å²) < 4.78 is 0. The minimum atomic E-state index is -0.363. The zero-order valence-corrected chi connectivity index (χ0v) is 39.6. The Bertz CT molecular complexity index is 3400. The monoisotopic (exact) mass is 875 g/mol. The first-order chi connectivity index (χ1) is 33.2. The highest BCUT2D eigenvalue weighted by molar-refractivity contribution is 5.91. The minimum absolute atomic E-state index is 0.0196. The van der Waals surface area contributed by atoms with Crippen LogP contribution in [0.5, 0.6) is 0 Å². The van der Waals surface area contributed by atoms with Gasteiger partial charge < -0.3 is 4.90 Å². The van der Waals surface area contributed by atoms with Gasteiger partial charge in [-0.05, 0) is 163 Å². The van der Waals surface area contributed by atoms with Crippen LogP contribution >= 0.6 is 0 Å². The lowest BCUT2D eigenvalue weighted by atomic mass is 9.54. The first-order valence-corrected chi connectivity index (χ1v) is 24.9. The summed E-state index contributed by atoms with van der Waals surface area (Å²) in [6.45, 7) is 9.74. The van der Waals surface area contributed by atoms with E-state index in [4.69, 9.17) is 0 Å². The van der Waals surface area contributed by atoms with Crippen molar-refractivity contribution in [2.75, 3.05) is 4.90 Å². The second-order valence-electron chi connectivity index (χ2n) is 21.0. The molecule has 0 amide bonds. The van der Waals surface area contributed by atoms with E-state index in [1.165, 1.54) is 89.2 Å². The van der Waals surface area contributed by atoms with Gasteiger partial charge >= 0.3 is 0 Å². The van der Waals surface area contributed by atoms with Crippen LogP contribution in [-0.2, 0) is 16.2 Å². The Balaban J connectivity index is 0.890. The van der Waals surface area contributed by atoms with E-state index in [-0.39, 0.29) is 16.2 Å². The third kappa shape index (κ3) is 6.00. The van der Waals surface area contributed by atoms with Crippen LogP contribution in [0, 0.1) is 5.92 Å². The zero-order valence-electron chi connectivity index (χ0n) is 39.6. The summed E-state index contributed by atoms with van der Waals surface area (Å²) in [4.78, 5) is 2.46. The maximum atomic E-state index is 2.52. The number of fused-ring (bicyclic) bond motifs is 11. The van der Waals surface area contributed by atoms with Crippen LogP contribution in [-0.4, -0.2) is 0 Å².